The second-order valence-electron chi connectivity index (χ2n) is 7.33. The Bertz CT molecular complexity index is 1500. The van der Waals surface area contributed by atoms with Crippen LogP contribution in [0.15, 0.2) is 58.1 Å². The number of methoxy groups -OCH3 is 1. The van der Waals surface area contributed by atoms with E-state index in [2.05, 4.69) is 15.1 Å². The molecule has 1 atom stereocenters. The van der Waals surface area contributed by atoms with Crippen molar-refractivity contribution in [2.75, 3.05) is 13.7 Å². The number of benzene rings is 2. The van der Waals surface area contributed by atoms with Gasteiger partial charge in [-0.1, -0.05) is 11.2 Å². The number of rotatable bonds is 5. The normalized spacial score (nSPS) is 12.6. The number of nitrogens with zero attached hydrogens (tertiary/aromatic N) is 5. The molecular formula is C22H17F2N5O3. The van der Waals surface area contributed by atoms with E-state index in [0.29, 0.717) is 11.1 Å². The van der Waals surface area contributed by atoms with Crippen LogP contribution < -0.4 is 5.56 Å². The second kappa shape index (κ2) is 7.65. The minimum atomic E-state index is -0.530. The molecule has 1 unspecified atom stereocenters. The first kappa shape index (κ1) is 20.0. The Morgan fingerprint density at radius 3 is 2.66 bits per heavy atom. The van der Waals surface area contributed by atoms with Gasteiger partial charge in [-0.3, -0.25) is 13.8 Å². The van der Waals surface area contributed by atoms with E-state index in [-0.39, 0.29) is 35.0 Å². The molecule has 0 N–H and O–H groups in total. The predicted octanol–water partition coefficient (Wildman–Crippen LogP) is 3.85. The summed E-state index contributed by atoms with van der Waals surface area (Å²) in [4.78, 5) is 22.2. The standard InChI is InChI=1S/C22H17F2N5O3/c1-12(10-31-2)29-18-15(24)4-3-5-16(18)28-11-25-17(19(28)22(29)30)20-26-21(32-27-20)13-6-8-14(23)9-7-13/h3-9,11-12H,10H2,1-2H3. The van der Waals surface area contributed by atoms with Crippen LogP contribution >= 0.6 is 0 Å². The van der Waals surface area contributed by atoms with E-state index in [4.69, 9.17) is 9.26 Å². The van der Waals surface area contributed by atoms with Crippen molar-refractivity contribution in [2.24, 2.45) is 0 Å². The van der Waals surface area contributed by atoms with Crippen molar-refractivity contribution in [1.82, 2.24) is 24.1 Å². The molecule has 3 aromatic heterocycles. The molecule has 0 aliphatic rings. The summed E-state index contributed by atoms with van der Waals surface area (Å²) in [7, 11) is 1.51. The lowest BCUT2D eigenvalue weighted by Crippen LogP contribution is -2.28. The lowest BCUT2D eigenvalue weighted by Gasteiger charge is -2.18. The van der Waals surface area contributed by atoms with Crippen molar-refractivity contribution < 1.29 is 18.0 Å². The van der Waals surface area contributed by atoms with Crippen molar-refractivity contribution >= 4 is 16.6 Å². The van der Waals surface area contributed by atoms with Crippen molar-refractivity contribution in [2.45, 2.75) is 13.0 Å². The fraction of sp³-hybridized carbons (Fsp3) is 0.182. The monoisotopic (exact) mass is 437 g/mol. The summed E-state index contributed by atoms with van der Waals surface area (Å²) in [5.74, 6) is -0.678. The van der Waals surface area contributed by atoms with Gasteiger partial charge in [-0.25, -0.2) is 13.8 Å². The molecule has 0 bridgehead atoms. The summed E-state index contributed by atoms with van der Waals surface area (Å²) in [6, 6.07) is 9.69. The lowest BCUT2D eigenvalue weighted by atomic mass is 10.2. The van der Waals surface area contributed by atoms with Crippen LogP contribution in [0, 0.1) is 11.6 Å². The highest BCUT2D eigenvalue weighted by Gasteiger charge is 2.24. The third-order valence-corrected chi connectivity index (χ3v) is 5.23. The average Bonchev–Trinajstić information content (AvgIpc) is 3.43. The molecule has 32 heavy (non-hydrogen) atoms. The second-order valence-corrected chi connectivity index (χ2v) is 7.33. The lowest BCUT2D eigenvalue weighted by molar-refractivity contribution is 0.162. The van der Waals surface area contributed by atoms with Crippen LogP contribution in [0.5, 0.6) is 0 Å². The first-order valence-electron chi connectivity index (χ1n) is 9.78. The number of halogens is 2. The van der Waals surface area contributed by atoms with Crippen LogP contribution in [0.2, 0.25) is 0 Å². The van der Waals surface area contributed by atoms with Gasteiger partial charge in [0, 0.05) is 12.7 Å². The first-order chi connectivity index (χ1) is 15.5. The zero-order valence-corrected chi connectivity index (χ0v) is 17.1. The van der Waals surface area contributed by atoms with Crippen LogP contribution in [0.4, 0.5) is 8.78 Å². The molecule has 0 saturated heterocycles. The van der Waals surface area contributed by atoms with Crippen molar-refractivity contribution in [3.63, 3.8) is 0 Å². The SMILES string of the molecule is COCC(C)n1c(=O)c2c(-c3noc(-c4ccc(F)cc4)n3)ncn2c2cccc(F)c21. The van der Waals surface area contributed by atoms with Gasteiger partial charge in [0.05, 0.1) is 18.2 Å². The summed E-state index contributed by atoms with van der Waals surface area (Å²) in [5.41, 5.74) is 1.04. The fourth-order valence-electron chi connectivity index (χ4n) is 3.82. The highest BCUT2D eigenvalue weighted by molar-refractivity contribution is 5.84. The highest BCUT2D eigenvalue weighted by Crippen LogP contribution is 2.27. The quantitative estimate of drug-likeness (QED) is 0.415. The minimum Gasteiger partial charge on any atom is -0.383 e. The molecule has 10 heteroatoms. The summed E-state index contributed by atoms with van der Waals surface area (Å²) < 4.78 is 41.4. The zero-order valence-electron chi connectivity index (χ0n) is 17.1. The van der Waals surface area contributed by atoms with Crippen LogP contribution in [0.1, 0.15) is 13.0 Å². The smallest absolute Gasteiger partial charge is 0.278 e. The van der Waals surface area contributed by atoms with Crippen LogP contribution in [0.3, 0.4) is 0 Å². The van der Waals surface area contributed by atoms with E-state index in [9.17, 15) is 13.6 Å². The molecule has 0 spiro atoms. The van der Waals surface area contributed by atoms with Gasteiger partial charge in [-0.05, 0) is 43.3 Å². The van der Waals surface area contributed by atoms with Gasteiger partial charge >= 0.3 is 0 Å². The summed E-state index contributed by atoms with van der Waals surface area (Å²) in [5, 5.41) is 3.95. The van der Waals surface area contributed by atoms with Crippen LogP contribution in [-0.4, -0.2) is 37.8 Å². The first-order valence-corrected chi connectivity index (χ1v) is 9.78. The molecule has 5 aromatic rings. The van der Waals surface area contributed by atoms with E-state index >= 15 is 0 Å². The van der Waals surface area contributed by atoms with Gasteiger partial charge in [0.15, 0.2) is 0 Å². The topological polar surface area (TPSA) is 87.5 Å². The number of imidazole rings is 1. The zero-order chi connectivity index (χ0) is 22.4. The van der Waals surface area contributed by atoms with Crippen LogP contribution in [-0.2, 0) is 4.74 Å². The van der Waals surface area contributed by atoms with Crippen LogP contribution in [0.25, 0.3) is 39.5 Å². The summed E-state index contributed by atoms with van der Waals surface area (Å²) in [6.07, 6.45) is 1.42. The Kier molecular flexibility index (Phi) is 4.78. The Morgan fingerprint density at radius 1 is 1.12 bits per heavy atom. The molecule has 5 rings (SSSR count). The van der Waals surface area contributed by atoms with Gasteiger partial charge in [0.25, 0.3) is 11.4 Å². The van der Waals surface area contributed by atoms with Gasteiger partial charge in [-0.15, -0.1) is 0 Å². The Labute approximate surface area is 179 Å². The molecule has 162 valence electrons. The largest absolute Gasteiger partial charge is 0.383 e. The van der Waals surface area contributed by atoms with Crippen molar-refractivity contribution in [3.05, 3.63) is 70.8 Å². The molecule has 3 heterocycles. The van der Waals surface area contributed by atoms with Gasteiger partial charge in [0.1, 0.15) is 34.7 Å². The number of ether oxygens (including phenoxy) is 1. The third kappa shape index (κ3) is 3.07. The fourth-order valence-corrected chi connectivity index (χ4v) is 3.82. The average molecular weight is 437 g/mol. The van der Waals surface area contributed by atoms with E-state index < -0.39 is 23.2 Å². The Hall–Kier alpha value is -3.92. The predicted molar refractivity (Wildman–Crippen MR) is 112 cm³/mol. The highest BCUT2D eigenvalue weighted by atomic mass is 19.1. The number of hydrogen-bond donors (Lipinski definition) is 0. The molecule has 0 radical (unpaired) electrons. The molecule has 0 aliphatic carbocycles. The maximum absolute atomic E-state index is 14.8. The summed E-state index contributed by atoms with van der Waals surface area (Å²) in [6.45, 7) is 1.98. The van der Waals surface area contributed by atoms with E-state index in [1.807, 2.05) is 0 Å². The van der Waals surface area contributed by atoms with E-state index in [1.165, 1.54) is 52.7 Å². The Morgan fingerprint density at radius 2 is 1.91 bits per heavy atom. The molecule has 0 saturated carbocycles. The van der Waals surface area contributed by atoms with Crippen molar-refractivity contribution in [1.29, 1.82) is 0 Å². The maximum atomic E-state index is 14.8. The van der Waals surface area contributed by atoms with E-state index in [0.717, 1.165) is 0 Å². The van der Waals surface area contributed by atoms with Gasteiger partial charge in [0.2, 0.25) is 5.82 Å². The molecule has 8 nitrogen and oxygen atoms in total. The maximum Gasteiger partial charge on any atom is 0.278 e. The number of hydrogen-bond acceptors (Lipinski definition) is 6. The third-order valence-electron chi connectivity index (χ3n) is 5.23. The number of para-hydroxylation sites is 1. The summed E-state index contributed by atoms with van der Waals surface area (Å²) >= 11 is 0. The molecular weight excluding hydrogens is 420 g/mol. The number of aromatic nitrogens is 5. The van der Waals surface area contributed by atoms with Gasteiger partial charge in [-0.2, -0.15) is 4.98 Å². The van der Waals surface area contributed by atoms with Crippen molar-refractivity contribution in [3.8, 4) is 23.0 Å². The van der Waals surface area contributed by atoms with E-state index in [1.54, 1.807) is 19.1 Å². The minimum absolute atomic E-state index is 0.0885. The Balaban J connectivity index is 1.76. The molecule has 0 aliphatic heterocycles. The molecule has 2 aromatic carbocycles. The van der Waals surface area contributed by atoms with Gasteiger partial charge < -0.3 is 9.26 Å². The molecule has 0 fully saturated rings. The molecule has 0 amide bonds. The number of fused-ring (bicyclic) bond motifs is 3.